The molecule has 4 atom stereocenters. The molecule has 0 fully saturated rings. The fourth-order valence-corrected chi connectivity index (χ4v) is 14.4. The number of carboxylic acids is 2. The average molecular weight is 1450 g/mol. The summed E-state index contributed by atoms with van der Waals surface area (Å²) < 4.78 is 24.8. The summed E-state index contributed by atoms with van der Waals surface area (Å²) >= 11 is 3.98. The number of aliphatic carboxylic acids is 2. The fraction of sp³-hybridized carbons (Fsp3) is 0.478. The Morgan fingerprint density at radius 2 is 0.771 bits per heavy atom. The number of allylic oxidation sites excluding steroid dienone is 6. The molecule has 15 heteroatoms. The first kappa shape index (κ1) is 87.5. The normalized spacial score (nSPS) is 16.6. The molecule has 0 amide bonds. The quantitative estimate of drug-likeness (QED) is 0.0155. The van der Waals surface area contributed by atoms with Crippen molar-refractivity contribution in [2.24, 2.45) is 11.8 Å². The van der Waals surface area contributed by atoms with Crippen LogP contribution in [0.4, 0.5) is 0 Å². The van der Waals surface area contributed by atoms with E-state index in [2.05, 4.69) is 135 Å². The second kappa shape index (κ2) is 44.7. The monoisotopic (exact) mass is 1450 g/mol. The van der Waals surface area contributed by atoms with Gasteiger partial charge in [0, 0.05) is 50.0 Å². The Morgan fingerprint density at radius 3 is 1.03 bits per heavy atom. The first-order valence-electron chi connectivity index (χ1n) is 38.8. The molecule has 0 saturated heterocycles. The van der Waals surface area contributed by atoms with Crippen LogP contribution in [0.2, 0.25) is 6.80 Å². The number of hydrogen-bond donors (Lipinski definition) is 8. The molecule has 8 N–H and O–H groups in total. The number of ether oxygens (including phenoxy) is 2. The lowest BCUT2D eigenvalue weighted by Gasteiger charge is -2.46. The SMILES string of the molecule is C=C(C)c1ccc(C)cc1-c1c(O)cc(CCCCC)cc1O.C=C(C)c1ccc(C)cc1-c1c(O)cc(CCCCC)cc1O.CC(=O)O.CC(=O)O.CCCCCc1cc(O)c2c(c1)OC(C)(C)[C@@H]1CCC(C)=C[C@@H]21.CCCCCc1cc(O)c2c(c1)OC(C)(C)[C@@H]1CCC(C)=C[C@@H]21.[2H]C([B])=S.[2H]C[B]. The Hall–Kier alpha value is -8.16. The molecule has 4 radical (unpaired) electrons. The number of carbonyl (C=O) groups is 2. The summed E-state index contributed by atoms with van der Waals surface area (Å²) in [5, 5.41) is 77.9. The molecule has 10 rings (SSSR count). The van der Waals surface area contributed by atoms with E-state index in [1.807, 2.05) is 76.2 Å². The van der Waals surface area contributed by atoms with E-state index in [9.17, 15) is 30.6 Å². The van der Waals surface area contributed by atoms with Gasteiger partial charge in [-0.1, -0.05) is 186 Å². The molecule has 0 aromatic heterocycles. The third-order valence-corrected chi connectivity index (χ3v) is 19.5. The zero-order chi connectivity index (χ0) is 80.6. The van der Waals surface area contributed by atoms with E-state index in [0.29, 0.717) is 34.5 Å². The van der Waals surface area contributed by atoms with E-state index in [1.54, 1.807) is 24.3 Å². The van der Waals surface area contributed by atoms with Crippen molar-refractivity contribution in [1.82, 2.24) is 0 Å². The third-order valence-electron chi connectivity index (χ3n) is 19.5. The smallest absolute Gasteiger partial charge is 0.300 e. The van der Waals surface area contributed by atoms with Gasteiger partial charge >= 0.3 is 0 Å². The second-order valence-corrected chi connectivity index (χ2v) is 29.7. The van der Waals surface area contributed by atoms with Crippen LogP contribution in [0.25, 0.3) is 33.4 Å². The van der Waals surface area contributed by atoms with Crippen molar-refractivity contribution in [3.63, 3.8) is 0 Å². The predicted molar refractivity (Wildman–Crippen MR) is 444 cm³/mol. The lowest BCUT2D eigenvalue weighted by atomic mass is 9.68. The van der Waals surface area contributed by atoms with Crippen LogP contribution in [0.3, 0.4) is 0 Å². The van der Waals surface area contributed by atoms with Crippen LogP contribution in [0.15, 0.2) is 121 Å². The Bertz CT molecular complexity index is 3660. The van der Waals surface area contributed by atoms with Crippen LogP contribution in [0.5, 0.6) is 46.0 Å². The number of benzene rings is 6. The second-order valence-electron chi connectivity index (χ2n) is 29.5. The van der Waals surface area contributed by atoms with Gasteiger partial charge in [-0.05, 0) is 239 Å². The average Bonchev–Trinajstić information content (AvgIpc) is 0.751. The molecule has 2 aliphatic heterocycles. The van der Waals surface area contributed by atoms with Crippen molar-refractivity contribution < 1.29 is 62.7 Å². The van der Waals surface area contributed by atoms with Crippen LogP contribution in [0, 0.1) is 25.7 Å². The van der Waals surface area contributed by atoms with Crippen LogP contribution in [-0.2, 0) is 35.3 Å². The maximum absolute atomic E-state index is 10.7. The summed E-state index contributed by atoms with van der Waals surface area (Å²) in [4.78, 5) is 18.0. The van der Waals surface area contributed by atoms with E-state index in [0.717, 1.165) is 182 Å². The number of phenolic OH excluding ortho intramolecular Hbond substituents is 6. The Balaban J connectivity index is 0.000000347. The largest absolute Gasteiger partial charge is 0.507 e. The molecule has 4 aliphatic rings. The molecule has 12 nitrogen and oxygen atoms in total. The van der Waals surface area contributed by atoms with Crippen molar-refractivity contribution in [3.05, 3.63) is 177 Å². The van der Waals surface area contributed by atoms with E-state index in [4.69, 9.17) is 32.0 Å². The minimum absolute atomic E-state index is 0. The maximum Gasteiger partial charge on any atom is 0.300 e. The van der Waals surface area contributed by atoms with Gasteiger partial charge in [-0.2, -0.15) is 0 Å². The summed E-state index contributed by atoms with van der Waals surface area (Å²) in [7, 11) is 9.02. The third kappa shape index (κ3) is 27.9. The lowest BCUT2D eigenvalue weighted by molar-refractivity contribution is -0.135. The lowest BCUT2D eigenvalue weighted by Crippen LogP contribution is -2.45. The summed E-state index contributed by atoms with van der Waals surface area (Å²) in [6, 6.07) is 27.3. The summed E-state index contributed by atoms with van der Waals surface area (Å²) in [5.41, 5.74) is 17.4. The minimum Gasteiger partial charge on any atom is -0.507 e. The number of fused-ring (bicyclic) bond motifs is 6. The first-order chi connectivity index (χ1) is 50.3. The summed E-state index contributed by atoms with van der Waals surface area (Å²) in [6.45, 7) is 40.0. The number of carboxylic acid groups (broad SMARTS) is 2. The Kier molecular flexibility index (Phi) is 37.3. The molecule has 6 aromatic carbocycles. The Morgan fingerprint density at radius 1 is 0.514 bits per heavy atom. The highest BCUT2D eigenvalue weighted by Crippen LogP contribution is 2.55. The van der Waals surface area contributed by atoms with Crippen molar-refractivity contribution >= 4 is 56.2 Å². The van der Waals surface area contributed by atoms with Crippen molar-refractivity contribution in [3.8, 4) is 68.2 Å². The van der Waals surface area contributed by atoms with Gasteiger partial charge in [0.25, 0.3) is 11.9 Å². The van der Waals surface area contributed by atoms with Crippen LogP contribution in [-0.4, -0.2) is 84.9 Å². The number of unbranched alkanes of at least 4 members (excludes halogenated alkanes) is 8. The van der Waals surface area contributed by atoms with Crippen molar-refractivity contribution in [2.45, 2.75) is 269 Å². The molecule has 2 aliphatic carbocycles. The number of hydrogen-bond acceptors (Lipinski definition) is 11. The summed E-state index contributed by atoms with van der Waals surface area (Å²) in [6.07, 6.45) is 27.0. The van der Waals surface area contributed by atoms with Crippen LogP contribution < -0.4 is 9.47 Å². The molecule has 2 heterocycles. The molecule has 0 bridgehead atoms. The molecular formula is C90H124B2O12S. The van der Waals surface area contributed by atoms with Gasteiger partial charge in [0.15, 0.2) is 0 Å². The van der Waals surface area contributed by atoms with E-state index in [-0.39, 0.29) is 58.1 Å². The number of thiocarbonyl (C=S) groups is 1. The highest BCUT2D eigenvalue weighted by Gasteiger charge is 2.47. The zero-order valence-corrected chi connectivity index (χ0v) is 66.9. The molecule has 0 spiro atoms. The van der Waals surface area contributed by atoms with E-state index in [1.165, 1.54) is 60.8 Å². The molecule has 0 unspecified atom stereocenters. The standard InChI is InChI=1S/2C21H30O2.2C21H26O2.2C2H4O2.CHBS.CH3B/c2*1-5-6-7-8-15-12-18(22)20-16-11-14(2)9-10-17(16)21(3,4)23-19(20)13-15;2*1-5-6-7-8-16-12-19(22)21(20(23)13-16)18-11-15(4)9-10-17(18)14(2)3;2*1-2(3)4;2-1-3;1-2/h2*11-13,16-17,22H,5-10H2,1-4H3;2*9-13,22-23H,2,5-8H2,1,3-4H3;2*1H3,(H,3,4);1H;1H3/t2*16-,17-;;;;;;/m11....../s1/i;;;;;;2*1D. The van der Waals surface area contributed by atoms with Gasteiger partial charge in [-0.15, -0.1) is 12.2 Å². The maximum atomic E-state index is 10.7. The van der Waals surface area contributed by atoms with Crippen molar-refractivity contribution in [1.29, 1.82) is 0 Å². The first-order valence-corrected chi connectivity index (χ1v) is 38.0. The number of aromatic hydroxyl groups is 6. The zero-order valence-electron chi connectivity index (χ0n) is 68.1. The van der Waals surface area contributed by atoms with Crippen LogP contribution >= 0.6 is 12.2 Å². The fourth-order valence-electron chi connectivity index (χ4n) is 14.4. The molecule has 6 aromatic rings. The molecule has 568 valence electrons. The van der Waals surface area contributed by atoms with Gasteiger partial charge in [-0.3, -0.25) is 9.59 Å². The minimum atomic E-state index is -0.833. The van der Waals surface area contributed by atoms with Gasteiger partial charge in [0.05, 0.1) is 20.3 Å². The summed E-state index contributed by atoms with van der Waals surface area (Å²) in [5.74, 6) is 2.94. The van der Waals surface area contributed by atoms with E-state index < -0.39 is 11.9 Å². The van der Waals surface area contributed by atoms with Gasteiger partial charge < -0.3 is 50.3 Å². The highest BCUT2D eigenvalue weighted by molar-refractivity contribution is 7.81. The Labute approximate surface area is 641 Å². The number of rotatable bonds is 20. The van der Waals surface area contributed by atoms with Gasteiger partial charge in [0.1, 0.15) is 65.0 Å². The van der Waals surface area contributed by atoms with E-state index >= 15 is 0 Å². The van der Waals surface area contributed by atoms with Crippen molar-refractivity contribution in [2.75, 3.05) is 0 Å². The highest BCUT2D eigenvalue weighted by atomic mass is 32.1. The van der Waals surface area contributed by atoms with Gasteiger partial charge in [0.2, 0.25) is 0 Å². The topological polar surface area (TPSA) is 214 Å². The predicted octanol–water partition coefficient (Wildman–Crippen LogP) is 23.6. The van der Waals surface area contributed by atoms with Crippen LogP contribution in [0.1, 0.15) is 270 Å². The molecule has 0 saturated carbocycles. The molecule has 105 heavy (non-hydrogen) atoms. The molecular weight excluding hydrogens is 1330 g/mol. The number of phenols is 6. The number of aryl methyl sites for hydroxylation is 6. The van der Waals surface area contributed by atoms with Gasteiger partial charge in [-0.25, -0.2) is 0 Å².